The highest BCUT2D eigenvalue weighted by Gasteiger charge is 2.38. The largest absolute Gasteiger partial charge is 0.384 e. The van der Waals surface area contributed by atoms with Crippen molar-refractivity contribution in [3.8, 4) is 0 Å². The second kappa shape index (κ2) is 8.11. The van der Waals surface area contributed by atoms with Gasteiger partial charge in [0.2, 0.25) is 11.8 Å². The lowest BCUT2D eigenvalue weighted by molar-refractivity contribution is -0.136. The Hall–Kier alpha value is -2.68. The lowest BCUT2D eigenvalue weighted by atomic mass is 9.98. The van der Waals surface area contributed by atoms with Crippen LogP contribution >= 0.6 is 0 Å². The number of carbonyl (C=O) groups excluding carboxylic acids is 2. The monoisotopic (exact) mass is 427 g/mol. The Balaban J connectivity index is 1.44. The summed E-state index contributed by atoms with van der Waals surface area (Å²) >= 11 is 0. The fourth-order valence-electron chi connectivity index (χ4n) is 4.81. The van der Waals surface area contributed by atoms with Crippen LogP contribution in [-0.2, 0) is 27.3 Å². The Labute approximate surface area is 180 Å². The first-order valence-electron chi connectivity index (χ1n) is 11.3. The van der Waals surface area contributed by atoms with Gasteiger partial charge in [-0.1, -0.05) is 0 Å². The molecule has 2 fully saturated rings. The maximum absolute atomic E-state index is 13.2. The Bertz CT molecular complexity index is 1070. The number of methoxy groups -OCH3 is 1. The van der Waals surface area contributed by atoms with Gasteiger partial charge in [0.05, 0.1) is 42.6 Å². The Morgan fingerprint density at radius 1 is 1.23 bits per heavy atom. The van der Waals surface area contributed by atoms with Crippen LogP contribution in [0.15, 0.2) is 10.9 Å². The highest BCUT2D eigenvalue weighted by molar-refractivity contribution is 5.81. The van der Waals surface area contributed by atoms with Crippen LogP contribution in [0.1, 0.15) is 61.5 Å². The van der Waals surface area contributed by atoms with Gasteiger partial charge in [0, 0.05) is 38.6 Å². The van der Waals surface area contributed by atoms with Crippen molar-refractivity contribution < 1.29 is 14.3 Å². The first-order chi connectivity index (χ1) is 15.1. The number of nitrogens with one attached hydrogen (secondary N) is 1. The zero-order chi connectivity index (χ0) is 21.5. The Morgan fingerprint density at radius 2 is 2.06 bits per heavy atom. The summed E-state index contributed by atoms with van der Waals surface area (Å²) in [6, 6.07) is 1.88. The topological polar surface area (TPSA) is 100 Å². The van der Waals surface area contributed by atoms with Crippen LogP contribution < -0.4 is 5.56 Å². The van der Waals surface area contributed by atoms with Crippen LogP contribution in [0.3, 0.4) is 0 Å². The molecule has 31 heavy (non-hydrogen) atoms. The number of hydrogen-bond acceptors (Lipinski definition) is 5. The molecule has 166 valence electrons. The van der Waals surface area contributed by atoms with Gasteiger partial charge in [-0.2, -0.15) is 0 Å². The van der Waals surface area contributed by atoms with E-state index in [1.807, 2.05) is 11.0 Å². The summed E-state index contributed by atoms with van der Waals surface area (Å²) in [5, 5.41) is 3.23. The standard InChI is InChI=1S/C22H29N5O4/c1-31-11-8-20(28)25-10-7-16-15(13-25)22(30)27-19(23-16)12-17(24-27)18-4-2-3-9-26(18)21(29)14-5-6-14/h12,14,18,24H,2-11,13H2,1H3. The van der Waals surface area contributed by atoms with Gasteiger partial charge in [-0.05, 0) is 32.1 Å². The minimum Gasteiger partial charge on any atom is -0.384 e. The molecule has 2 amide bonds. The molecule has 1 unspecified atom stereocenters. The molecule has 2 aromatic rings. The zero-order valence-electron chi connectivity index (χ0n) is 17.9. The average Bonchev–Trinajstić information content (AvgIpc) is 3.56. The molecule has 2 aromatic heterocycles. The third-order valence-corrected chi connectivity index (χ3v) is 6.73. The number of amides is 2. The molecule has 9 heteroatoms. The zero-order valence-corrected chi connectivity index (χ0v) is 17.9. The van der Waals surface area contributed by atoms with E-state index in [4.69, 9.17) is 9.72 Å². The first kappa shape index (κ1) is 20.2. The first-order valence-corrected chi connectivity index (χ1v) is 11.3. The fourth-order valence-corrected chi connectivity index (χ4v) is 4.81. The number of aromatic amines is 1. The minimum atomic E-state index is -0.161. The summed E-state index contributed by atoms with van der Waals surface area (Å²) in [4.78, 5) is 46.8. The van der Waals surface area contributed by atoms with Crippen molar-refractivity contribution in [3.63, 3.8) is 0 Å². The average molecular weight is 428 g/mol. The van der Waals surface area contributed by atoms with E-state index in [2.05, 4.69) is 5.10 Å². The number of ether oxygens (including phenoxy) is 1. The number of hydrogen-bond donors (Lipinski definition) is 1. The SMILES string of the molecule is COCCC(=O)N1CCc2nc3cc(C4CCCCN4C(=O)C4CC4)[nH]n3c(=O)c2C1. The highest BCUT2D eigenvalue weighted by atomic mass is 16.5. The molecule has 0 bridgehead atoms. The quantitative estimate of drug-likeness (QED) is 0.778. The minimum absolute atomic E-state index is 0.0133. The number of likely N-dealkylation sites (tertiary alicyclic amines) is 1. The molecule has 0 spiro atoms. The van der Waals surface area contributed by atoms with Crippen molar-refractivity contribution in [2.45, 2.75) is 57.5 Å². The lowest BCUT2D eigenvalue weighted by Gasteiger charge is -2.35. The van der Waals surface area contributed by atoms with Crippen LogP contribution in [-0.4, -0.2) is 63.0 Å². The van der Waals surface area contributed by atoms with Gasteiger partial charge >= 0.3 is 0 Å². The van der Waals surface area contributed by atoms with Crippen molar-refractivity contribution in [2.24, 2.45) is 5.92 Å². The molecule has 0 aromatic carbocycles. The molecular formula is C22H29N5O4. The second-order valence-electron chi connectivity index (χ2n) is 8.87. The van der Waals surface area contributed by atoms with Crippen molar-refractivity contribution in [2.75, 3.05) is 26.8 Å². The van der Waals surface area contributed by atoms with Crippen molar-refractivity contribution in [1.29, 1.82) is 0 Å². The summed E-state index contributed by atoms with van der Waals surface area (Å²) in [5.74, 6) is 0.411. The van der Waals surface area contributed by atoms with Gasteiger partial charge in [-0.3, -0.25) is 19.5 Å². The van der Waals surface area contributed by atoms with Crippen LogP contribution in [0.2, 0.25) is 0 Å². The number of nitrogens with zero attached hydrogens (tertiary/aromatic N) is 4. The third kappa shape index (κ3) is 3.75. The maximum atomic E-state index is 13.2. The van der Waals surface area contributed by atoms with Crippen molar-refractivity contribution >= 4 is 17.5 Å². The molecule has 9 nitrogen and oxygen atoms in total. The van der Waals surface area contributed by atoms with Crippen molar-refractivity contribution in [3.05, 3.63) is 33.4 Å². The number of rotatable bonds is 5. The predicted molar refractivity (Wildman–Crippen MR) is 112 cm³/mol. The number of fused-ring (bicyclic) bond motifs is 2. The molecule has 3 aliphatic rings. The Kier molecular flexibility index (Phi) is 5.29. The molecule has 1 saturated carbocycles. The normalized spacial score (nSPS) is 21.4. The van der Waals surface area contributed by atoms with E-state index < -0.39 is 0 Å². The maximum Gasteiger partial charge on any atom is 0.277 e. The van der Waals surface area contributed by atoms with Gasteiger partial charge in [0.15, 0.2) is 5.65 Å². The molecule has 1 aliphatic carbocycles. The number of H-pyrrole nitrogens is 1. The van der Waals surface area contributed by atoms with Crippen LogP contribution in [0.25, 0.3) is 5.65 Å². The van der Waals surface area contributed by atoms with E-state index in [9.17, 15) is 14.4 Å². The van der Waals surface area contributed by atoms with Gasteiger partial charge in [0.25, 0.3) is 5.56 Å². The van der Waals surface area contributed by atoms with E-state index in [-0.39, 0.29) is 35.9 Å². The molecule has 0 radical (unpaired) electrons. The number of aromatic nitrogens is 3. The highest BCUT2D eigenvalue weighted by Crippen LogP contribution is 2.37. The summed E-state index contributed by atoms with van der Waals surface area (Å²) in [7, 11) is 1.57. The summed E-state index contributed by atoms with van der Waals surface area (Å²) < 4.78 is 6.48. The van der Waals surface area contributed by atoms with E-state index in [1.54, 1.807) is 12.0 Å². The van der Waals surface area contributed by atoms with E-state index in [0.717, 1.165) is 50.0 Å². The van der Waals surface area contributed by atoms with Gasteiger partial charge < -0.3 is 14.5 Å². The molecule has 1 atom stereocenters. The third-order valence-electron chi connectivity index (χ3n) is 6.73. The second-order valence-corrected chi connectivity index (χ2v) is 8.87. The molecule has 2 aliphatic heterocycles. The molecule has 4 heterocycles. The van der Waals surface area contributed by atoms with Gasteiger partial charge in [-0.15, -0.1) is 0 Å². The van der Waals surface area contributed by atoms with Crippen LogP contribution in [0.5, 0.6) is 0 Å². The summed E-state index contributed by atoms with van der Waals surface area (Å²) in [5.41, 5.74) is 2.63. The number of piperidine rings is 1. The lowest BCUT2D eigenvalue weighted by Crippen LogP contribution is -2.40. The smallest absolute Gasteiger partial charge is 0.277 e. The molecule has 1 saturated heterocycles. The summed E-state index contributed by atoms with van der Waals surface area (Å²) in [6.07, 6.45) is 5.82. The van der Waals surface area contributed by atoms with E-state index in [0.29, 0.717) is 37.2 Å². The fraction of sp³-hybridized carbons (Fsp3) is 0.636. The van der Waals surface area contributed by atoms with Crippen LogP contribution in [0, 0.1) is 5.92 Å². The van der Waals surface area contributed by atoms with Gasteiger partial charge in [-0.25, -0.2) is 9.50 Å². The van der Waals surface area contributed by atoms with Gasteiger partial charge in [0.1, 0.15) is 0 Å². The van der Waals surface area contributed by atoms with E-state index in [1.165, 1.54) is 4.52 Å². The molecule has 1 N–H and O–H groups in total. The Morgan fingerprint density at radius 3 is 2.84 bits per heavy atom. The molecular weight excluding hydrogens is 398 g/mol. The van der Waals surface area contributed by atoms with Crippen LogP contribution in [0.4, 0.5) is 0 Å². The summed E-state index contributed by atoms with van der Waals surface area (Å²) in [6.45, 7) is 1.97. The van der Waals surface area contributed by atoms with Crippen molar-refractivity contribution in [1.82, 2.24) is 24.4 Å². The predicted octanol–water partition coefficient (Wildman–Crippen LogP) is 1.41. The van der Waals surface area contributed by atoms with E-state index >= 15 is 0 Å². The molecule has 5 rings (SSSR count). The number of carbonyl (C=O) groups is 2.